The Morgan fingerprint density at radius 2 is 1.94 bits per heavy atom. The summed E-state index contributed by atoms with van der Waals surface area (Å²) in [4.78, 5) is 24.8. The lowest BCUT2D eigenvalue weighted by molar-refractivity contribution is -0.825. The van der Waals surface area contributed by atoms with Crippen LogP contribution in [0.1, 0.15) is 39.2 Å². The molecule has 2 aliphatic heterocycles. The van der Waals surface area contributed by atoms with Gasteiger partial charge in [-0.3, -0.25) is 0 Å². The minimum absolute atomic E-state index is 0.00468. The standard InChI is InChI=1S/C22H29N5O4/c1-22(2,3)31-21(28)26-9-7-17(8-10-26)30-20-13-19(23-14-24-20)27-11-6-15-12-16(25-29)4-5-18(15)27/h4-5,12-14,17,25,29H,6-11H2,1-3H3/p+1. The van der Waals surface area contributed by atoms with Gasteiger partial charge in [-0.2, -0.15) is 5.48 Å². The summed E-state index contributed by atoms with van der Waals surface area (Å²) in [6.45, 7) is 7.63. The van der Waals surface area contributed by atoms with Crippen molar-refractivity contribution in [2.75, 3.05) is 24.5 Å². The second-order valence-electron chi connectivity index (χ2n) is 8.92. The number of ether oxygens (including phenoxy) is 2. The van der Waals surface area contributed by atoms with Crippen LogP contribution in [0, 0.1) is 0 Å². The van der Waals surface area contributed by atoms with E-state index in [4.69, 9.17) is 9.47 Å². The largest absolute Gasteiger partial charge is 0.474 e. The summed E-state index contributed by atoms with van der Waals surface area (Å²) in [6, 6.07) is 7.74. The number of likely N-dealkylation sites (tertiary alicyclic amines) is 1. The van der Waals surface area contributed by atoms with Crippen LogP contribution in [0.2, 0.25) is 0 Å². The van der Waals surface area contributed by atoms with Gasteiger partial charge < -0.3 is 19.3 Å². The lowest BCUT2D eigenvalue weighted by Crippen LogP contribution is -2.73. The van der Waals surface area contributed by atoms with Crippen LogP contribution in [0.15, 0.2) is 30.6 Å². The number of carbonyl (C=O) groups is 1. The van der Waals surface area contributed by atoms with Gasteiger partial charge in [0, 0.05) is 56.4 Å². The smallest absolute Gasteiger partial charge is 0.410 e. The molecule has 1 fully saturated rings. The number of nitrogens with zero attached hydrogens (tertiary/aromatic N) is 4. The summed E-state index contributed by atoms with van der Waals surface area (Å²) >= 11 is 0. The molecule has 0 saturated carbocycles. The first kappa shape index (κ1) is 21.3. The summed E-state index contributed by atoms with van der Waals surface area (Å²) < 4.78 is 11.6. The molecule has 0 aliphatic carbocycles. The van der Waals surface area contributed by atoms with Gasteiger partial charge in [0.1, 0.15) is 23.9 Å². The Hall–Kier alpha value is -2.91. The molecule has 3 N–H and O–H groups in total. The van der Waals surface area contributed by atoms with Crippen molar-refractivity contribution >= 4 is 23.3 Å². The number of fused-ring (bicyclic) bond motifs is 1. The number of anilines is 2. The number of amides is 1. The maximum Gasteiger partial charge on any atom is 0.410 e. The number of hydrogen-bond donors (Lipinski definition) is 2. The number of nitrogens with two attached hydrogens (primary N) is 1. The fraction of sp³-hybridized carbons (Fsp3) is 0.500. The minimum Gasteiger partial charge on any atom is -0.474 e. The molecule has 1 aromatic carbocycles. The third kappa shape index (κ3) is 5.05. The van der Waals surface area contributed by atoms with Crippen LogP contribution in [0.3, 0.4) is 0 Å². The molecule has 1 saturated heterocycles. The molecule has 1 amide bonds. The summed E-state index contributed by atoms with van der Waals surface area (Å²) in [5.41, 5.74) is 3.69. The van der Waals surface area contributed by atoms with E-state index in [0.717, 1.165) is 48.5 Å². The molecule has 1 aromatic heterocycles. The fourth-order valence-corrected chi connectivity index (χ4v) is 3.94. The van der Waals surface area contributed by atoms with Gasteiger partial charge >= 0.3 is 6.09 Å². The molecule has 2 aromatic rings. The van der Waals surface area contributed by atoms with Gasteiger partial charge in [0.05, 0.1) is 0 Å². The molecule has 166 valence electrons. The van der Waals surface area contributed by atoms with Gasteiger partial charge in [0.15, 0.2) is 5.69 Å². The van der Waals surface area contributed by atoms with Crippen molar-refractivity contribution in [3.05, 3.63) is 36.2 Å². The summed E-state index contributed by atoms with van der Waals surface area (Å²) in [5.74, 6) is 1.32. The lowest BCUT2D eigenvalue weighted by atomic mass is 10.1. The van der Waals surface area contributed by atoms with Crippen molar-refractivity contribution in [2.24, 2.45) is 0 Å². The second kappa shape index (κ2) is 8.68. The van der Waals surface area contributed by atoms with Crippen molar-refractivity contribution in [1.29, 1.82) is 0 Å². The minimum atomic E-state index is -0.492. The van der Waals surface area contributed by atoms with E-state index < -0.39 is 5.60 Å². The first-order chi connectivity index (χ1) is 14.8. The van der Waals surface area contributed by atoms with E-state index in [1.807, 2.05) is 45.0 Å². The van der Waals surface area contributed by atoms with Crippen LogP contribution >= 0.6 is 0 Å². The molecule has 0 unspecified atom stereocenters. The van der Waals surface area contributed by atoms with Crippen molar-refractivity contribution < 1.29 is 25.0 Å². The zero-order valence-electron chi connectivity index (χ0n) is 18.2. The first-order valence-corrected chi connectivity index (χ1v) is 10.7. The number of benzene rings is 1. The summed E-state index contributed by atoms with van der Waals surface area (Å²) in [7, 11) is 0. The van der Waals surface area contributed by atoms with E-state index in [1.54, 1.807) is 4.90 Å². The van der Waals surface area contributed by atoms with Crippen LogP contribution in [-0.2, 0) is 11.2 Å². The Labute approximate surface area is 182 Å². The molecule has 31 heavy (non-hydrogen) atoms. The molecular formula is C22H30N5O4+. The molecule has 9 nitrogen and oxygen atoms in total. The molecule has 0 atom stereocenters. The predicted octanol–water partition coefficient (Wildman–Crippen LogP) is 2.53. The zero-order valence-corrected chi connectivity index (χ0v) is 18.2. The van der Waals surface area contributed by atoms with Gasteiger partial charge in [-0.1, -0.05) is 0 Å². The quantitative estimate of drug-likeness (QED) is 0.570. The van der Waals surface area contributed by atoms with Gasteiger partial charge in [-0.05, 0) is 38.8 Å². The molecule has 0 bridgehead atoms. The SMILES string of the molecule is CC(C)(C)OC(=O)N1CCC(Oc2cc(N3CCc4cc([NH2+]O)ccc43)ncn2)CC1. The number of quaternary nitrogens is 1. The summed E-state index contributed by atoms with van der Waals surface area (Å²) in [6.07, 6.45) is 3.59. The Balaban J connectivity index is 1.37. The molecule has 9 heteroatoms. The second-order valence-corrected chi connectivity index (χ2v) is 8.92. The Morgan fingerprint density at radius 1 is 1.16 bits per heavy atom. The lowest BCUT2D eigenvalue weighted by Gasteiger charge is -2.33. The Bertz CT molecular complexity index is 938. The van der Waals surface area contributed by atoms with E-state index in [9.17, 15) is 10.0 Å². The highest BCUT2D eigenvalue weighted by Gasteiger charge is 2.28. The highest BCUT2D eigenvalue weighted by Crippen LogP contribution is 2.35. The number of piperidine rings is 1. The van der Waals surface area contributed by atoms with Crippen molar-refractivity contribution in [1.82, 2.24) is 14.9 Å². The number of rotatable bonds is 4. The van der Waals surface area contributed by atoms with Crippen LogP contribution in [-0.4, -0.2) is 57.5 Å². The fourth-order valence-electron chi connectivity index (χ4n) is 3.94. The average molecular weight is 429 g/mol. The van der Waals surface area contributed by atoms with Crippen LogP contribution < -0.4 is 15.1 Å². The Morgan fingerprint density at radius 3 is 2.65 bits per heavy atom. The number of carbonyl (C=O) groups excluding carboxylic acids is 1. The van der Waals surface area contributed by atoms with E-state index in [1.165, 1.54) is 11.9 Å². The Kier molecular flexibility index (Phi) is 5.97. The third-order valence-corrected chi connectivity index (χ3v) is 5.43. The van der Waals surface area contributed by atoms with Crippen LogP contribution in [0.4, 0.5) is 22.0 Å². The van der Waals surface area contributed by atoms with Crippen molar-refractivity contribution in [3.8, 4) is 5.88 Å². The monoisotopic (exact) mass is 428 g/mol. The molecular weight excluding hydrogens is 398 g/mol. The summed E-state index contributed by atoms with van der Waals surface area (Å²) in [5, 5.41) is 9.24. The normalized spacial score (nSPS) is 16.9. The van der Waals surface area contributed by atoms with Gasteiger partial charge in [0.25, 0.3) is 0 Å². The van der Waals surface area contributed by atoms with Gasteiger partial charge in [-0.25, -0.2) is 20.0 Å². The number of hydrogen-bond acceptors (Lipinski definition) is 7. The van der Waals surface area contributed by atoms with Crippen molar-refractivity contribution in [2.45, 2.75) is 51.7 Å². The molecule has 0 spiro atoms. The van der Waals surface area contributed by atoms with Crippen molar-refractivity contribution in [3.63, 3.8) is 0 Å². The molecule has 0 radical (unpaired) electrons. The van der Waals surface area contributed by atoms with Gasteiger partial charge in [-0.15, -0.1) is 0 Å². The molecule has 2 aliphatic rings. The highest BCUT2D eigenvalue weighted by atomic mass is 16.6. The van der Waals surface area contributed by atoms with E-state index in [2.05, 4.69) is 14.9 Å². The predicted molar refractivity (Wildman–Crippen MR) is 114 cm³/mol. The maximum absolute atomic E-state index is 12.2. The van der Waals surface area contributed by atoms with Crippen LogP contribution in [0.25, 0.3) is 0 Å². The third-order valence-electron chi connectivity index (χ3n) is 5.43. The highest BCUT2D eigenvalue weighted by molar-refractivity contribution is 5.69. The van der Waals surface area contributed by atoms with E-state index in [0.29, 0.717) is 19.0 Å². The zero-order chi connectivity index (χ0) is 22.0. The maximum atomic E-state index is 12.2. The number of aromatic nitrogens is 2. The topological polar surface area (TPSA) is 105 Å². The van der Waals surface area contributed by atoms with Crippen LogP contribution in [0.5, 0.6) is 5.88 Å². The van der Waals surface area contributed by atoms with E-state index >= 15 is 0 Å². The molecule has 3 heterocycles. The average Bonchev–Trinajstić information content (AvgIpc) is 3.16. The van der Waals surface area contributed by atoms with E-state index in [-0.39, 0.29) is 12.2 Å². The first-order valence-electron chi connectivity index (χ1n) is 10.7. The molecule has 4 rings (SSSR count). The van der Waals surface area contributed by atoms with Gasteiger partial charge in [0.2, 0.25) is 5.88 Å².